The van der Waals surface area contributed by atoms with Gasteiger partial charge in [-0.1, -0.05) is 0 Å². The predicted molar refractivity (Wildman–Crippen MR) is 46.6 cm³/mol. The number of primary amides is 1. The first-order valence-electron chi connectivity index (χ1n) is 3.68. The van der Waals surface area contributed by atoms with E-state index in [0.717, 1.165) is 0 Å². The lowest BCUT2D eigenvalue weighted by molar-refractivity contribution is -0.116. The average molecular weight is 182 g/mol. The smallest absolute Gasteiger partial charge is 0.237 e. The van der Waals surface area contributed by atoms with Crippen LogP contribution in [-0.2, 0) is 4.79 Å². The van der Waals surface area contributed by atoms with E-state index in [1.54, 1.807) is 13.1 Å². The van der Waals surface area contributed by atoms with Gasteiger partial charge in [0.1, 0.15) is 0 Å². The van der Waals surface area contributed by atoms with E-state index in [4.69, 9.17) is 10.2 Å². The maximum Gasteiger partial charge on any atom is 0.237 e. The summed E-state index contributed by atoms with van der Waals surface area (Å²) >= 11 is 0. The van der Waals surface area contributed by atoms with E-state index in [1.807, 2.05) is 0 Å². The number of anilines is 1. The van der Waals surface area contributed by atoms with Crippen molar-refractivity contribution in [3.63, 3.8) is 0 Å². The van der Waals surface area contributed by atoms with Crippen LogP contribution >= 0.6 is 0 Å². The van der Waals surface area contributed by atoms with Gasteiger partial charge in [-0.2, -0.15) is 0 Å². The predicted octanol–water partition coefficient (Wildman–Crippen LogP) is 0.0136. The molecule has 1 amide bonds. The van der Waals surface area contributed by atoms with Gasteiger partial charge < -0.3 is 15.1 Å². The Balaban J connectivity index is 2.70. The van der Waals surface area contributed by atoms with Gasteiger partial charge >= 0.3 is 0 Å². The van der Waals surface area contributed by atoms with E-state index in [0.29, 0.717) is 12.2 Å². The molecule has 5 heteroatoms. The van der Waals surface area contributed by atoms with Gasteiger partial charge in [0.2, 0.25) is 5.91 Å². The molecule has 0 saturated carbocycles. The highest BCUT2D eigenvalue weighted by Gasteiger charge is 2.08. The molecular formula is C8H10N2O3. The zero-order valence-corrected chi connectivity index (χ0v) is 7.19. The van der Waals surface area contributed by atoms with Crippen molar-refractivity contribution >= 4 is 18.1 Å². The Morgan fingerprint density at radius 1 is 1.69 bits per heavy atom. The number of hydrogen-bond donors (Lipinski definition) is 1. The summed E-state index contributed by atoms with van der Waals surface area (Å²) in [6, 6.07) is 3.13. The number of likely N-dealkylation sites (N-methyl/N-ethyl adjacent to an activating group) is 1. The van der Waals surface area contributed by atoms with Gasteiger partial charge in [-0.15, -0.1) is 0 Å². The van der Waals surface area contributed by atoms with E-state index >= 15 is 0 Å². The quantitative estimate of drug-likeness (QED) is 0.665. The van der Waals surface area contributed by atoms with Gasteiger partial charge in [-0.3, -0.25) is 9.59 Å². The summed E-state index contributed by atoms with van der Waals surface area (Å²) in [6.07, 6.45) is 0.599. The normalized spacial score (nSPS) is 9.62. The molecule has 2 N–H and O–H groups in total. The number of furan rings is 1. The van der Waals surface area contributed by atoms with Crippen LogP contribution in [0.5, 0.6) is 0 Å². The Morgan fingerprint density at radius 2 is 2.38 bits per heavy atom. The van der Waals surface area contributed by atoms with Crippen LogP contribution in [-0.4, -0.2) is 25.8 Å². The van der Waals surface area contributed by atoms with Crippen molar-refractivity contribution in [1.82, 2.24) is 0 Å². The van der Waals surface area contributed by atoms with E-state index in [-0.39, 0.29) is 12.3 Å². The molecule has 1 heterocycles. The number of rotatable bonds is 4. The van der Waals surface area contributed by atoms with Crippen molar-refractivity contribution in [3.8, 4) is 0 Å². The van der Waals surface area contributed by atoms with E-state index < -0.39 is 5.91 Å². The van der Waals surface area contributed by atoms with Crippen LogP contribution < -0.4 is 10.6 Å². The molecule has 5 nitrogen and oxygen atoms in total. The average Bonchev–Trinajstić information content (AvgIpc) is 2.50. The molecule has 0 aliphatic carbocycles. The van der Waals surface area contributed by atoms with Gasteiger partial charge in [0.25, 0.3) is 0 Å². The molecule has 1 rings (SSSR count). The van der Waals surface area contributed by atoms with Crippen LogP contribution in [0.25, 0.3) is 0 Å². The Hall–Kier alpha value is -1.78. The molecule has 0 radical (unpaired) electrons. The third-order valence-electron chi connectivity index (χ3n) is 1.50. The fourth-order valence-electron chi connectivity index (χ4n) is 0.922. The van der Waals surface area contributed by atoms with Gasteiger partial charge in [-0.05, 0) is 6.07 Å². The molecule has 1 aromatic rings. The van der Waals surface area contributed by atoms with E-state index in [9.17, 15) is 9.59 Å². The van der Waals surface area contributed by atoms with Gasteiger partial charge in [0.05, 0.1) is 6.54 Å². The first-order chi connectivity index (χ1) is 6.13. The Labute approximate surface area is 75.1 Å². The van der Waals surface area contributed by atoms with Crippen molar-refractivity contribution in [1.29, 1.82) is 0 Å². The molecule has 0 atom stereocenters. The Kier molecular flexibility index (Phi) is 2.69. The number of nitrogens with zero attached hydrogens (tertiary/aromatic N) is 1. The summed E-state index contributed by atoms with van der Waals surface area (Å²) in [5.41, 5.74) is 4.98. The molecule has 0 aliphatic rings. The zero-order valence-electron chi connectivity index (χ0n) is 7.19. The van der Waals surface area contributed by atoms with E-state index in [2.05, 4.69) is 0 Å². The summed E-state index contributed by atoms with van der Waals surface area (Å²) < 4.78 is 5.05. The van der Waals surface area contributed by atoms with Crippen LogP contribution in [0.4, 0.5) is 5.88 Å². The first-order valence-corrected chi connectivity index (χ1v) is 3.68. The molecule has 0 aliphatic heterocycles. The molecule has 13 heavy (non-hydrogen) atoms. The summed E-state index contributed by atoms with van der Waals surface area (Å²) in [4.78, 5) is 22.3. The molecule has 1 aromatic heterocycles. The van der Waals surface area contributed by atoms with Crippen LogP contribution in [0.15, 0.2) is 16.5 Å². The Bertz CT molecular complexity index is 319. The Morgan fingerprint density at radius 3 is 2.85 bits per heavy atom. The summed E-state index contributed by atoms with van der Waals surface area (Å²) in [5.74, 6) is 0.221. The molecule has 70 valence electrons. The van der Waals surface area contributed by atoms with Crippen molar-refractivity contribution in [2.24, 2.45) is 5.73 Å². The van der Waals surface area contributed by atoms with E-state index in [1.165, 1.54) is 11.0 Å². The highest BCUT2D eigenvalue weighted by Crippen LogP contribution is 2.15. The van der Waals surface area contributed by atoms with Gasteiger partial charge in [-0.25, -0.2) is 0 Å². The molecule has 0 spiro atoms. The molecule has 0 bridgehead atoms. The fraction of sp³-hybridized carbons (Fsp3) is 0.250. The lowest BCUT2D eigenvalue weighted by Gasteiger charge is -2.12. The number of carbonyl (C=O) groups excluding carboxylic acids is 2. The van der Waals surface area contributed by atoms with Crippen LogP contribution in [0, 0.1) is 0 Å². The molecule has 0 aromatic carbocycles. The minimum Gasteiger partial charge on any atom is -0.438 e. The van der Waals surface area contributed by atoms with Crippen molar-refractivity contribution in [3.05, 3.63) is 17.9 Å². The third-order valence-corrected chi connectivity index (χ3v) is 1.50. The largest absolute Gasteiger partial charge is 0.438 e. The van der Waals surface area contributed by atoms with Crippen LogP contribution in [0.1, 0.15) is 10.6 Å². The van der Waals surface area contributed by atoms with Crippen molar-refractivity contribution in [2.75, 3.05) is 18.5 Å². The minimum atomic E-state index is -0.452. The summed E-state index contributed by atoms with van der Waals surface area (Å²) in [6.45, 7) is 0.0613. The second kappa shape index (κ2) is 3.75. The minimum absolute atomic E-state index is 0.0613. The number of hydrogen-bond acceptors (Lipinski definition) is 4. The second-order valence-corrected chi connectivity index (χ2v) is 2.62. The standard InChI is InChI=1S/C8H10N2O3/c1-10(4-7(9)12)8-3-2-6(5-11)13-8/h2-3,5H,4H2,1H3,(H2,9,12). The highest BCUT2D eigenvalue weighted by atomic mass is 16.4. The molecule has 0 unspecified atom stereocenters. The number of nitrogens with two attached hydrogens (primary N) is 1. The highest BCUT2D eigenvalue weighted by molar-refractivity contribution is 5.79. The third kappa shape index (κ3) is 2.33. The topological polar surface area (TPSA) is 76.5 Å². The number of aldehydes is 1. The number of carbonyl (C=O) groups is 2. The second-order valence-electron chi connectivity index (χ2n) is 2.62. The summed E-state index contributed by atoms with van der Waals surface area (Å²) in [7, 11) is 1.65. The maximum absolute atomic E-state index is 10.5. The first kappa shape index (κ1) is 9.31. The number of amides is 1. The van der Waals surface area contributed by atoms with Crippen molar-refractivity contribution in [2.45, 2.75) is 0 Å². The molecular weight excluding hydrogens is 172 g/mol. The lowest BCUT2D eigenvalue weighted by Crippen LogP contribution is -2.30. The maximum atomic E-state index is 10.5. The van der Waals surface area contributed by atoms with Crippen LogP contribution in [0.3, 0.4) is 0 Å². The van der Waals surface area contributed by atoms with Gasteiger partial charge in [0, 0.05) is 13.1 Å². The van der Waals surface area contributed by atoms with Crippen molar-refractivity contribution < 1.29 is 14.0 Å². The van der Waals surface area contributed by atoms with Crippen LogP contribution in [0.2, 0.25) is 0 Å². The SMILES string of the molecule is CN(CC(N)=O)c1ccc(C=O)o1. The fourth-order valence-corrected chi connectivity index (χ4v) is 0.922. The molecule has 0 saturated heterocycles. The zero-order chi connectivity index (χ0) is 9.84. The summed E-state index contributed by atoms with van der Waals surface area (Å²) in [5, 5.41) is 0. The van der Waals surface area contributed by atoms with Gasteiger partial charge in [0.15, 0.2) is 17.9 Å². The monoisotopic (exact) mass is 182 g/mol. The lowest BCUT2D eigenvalue weighted by atomic mass is 10.5. The molecule has 0 fully saturated rings.